The van der Waals surface area contributed by atoms with Gasteiger partial charge in [0.2, 0.25) is 0 Å². The minimum atomic E-state index is -0.179. The third kappa shape index (κ3) is 2.24. The van der Waals surface area contributed by atoms with Crippen LogP contribution in [0.5, 0.6) is 0 Å². The molecule has 15 heavy (non-hydrogen) atoms. The van der Waals surface area contributed by atoms with E-state index in [1.54, 1.807) is 0 Å². The first-order valence-corrected chi connectivity index (χ1v) is 5.72. The van der Waals surface area contributed by atoms with Gasteiger partial charge in [-0.05, 0) is 35.7 Å². The van der Waals surface area contributed by atoms with Gasteiger partial charge in [0.15, 0.2) is 0 Å². The Hall–Kier alpha value is -0.790. The van der Waals surface area contributed by atoms with Crippen molar-refractivity contribution in [3.05, 3.63) is 11.8 Å². The Morgan fingerprint density at radius 1 is 1.47 bits per heavy atom. The van der Waals surface area contributed by atoms with Crippen molar-refractivity contribution in [2.45, 2.75) is 40.5 Å². The van der Waals surface area contributed by atoms with E-state index in [1.165, 1.54) is 6.26 Å². The second-order valence-corrected chi connectivity index (χ2v) is 5.56. The highest BCUT2D eigenvalue weighted by Gasteiger charge is 2.40. The second kappa shape index (κ2) is 4.38. The van der Waals surface area contributed by atoms with Crippen LogP contribution in [-0.2, 0) is 4.79 Å². The normalized spacial score (nSPS) is 33.3. The molecule has 0 aromatic carbocycles. The van der Waals surface area contributed by atoms with Gasteiger partial charge in [0, 0.05) is 5.92 Å². The Morgan fingerprint density at radius 2 is 2.07 bits per heavy atom. The lowest BCUT2D eigenvalue weighted by atomic mass is 9.61. The first kappa shape index (κ1) is 12.3. The summed E-state index contributed by atoms with van der Waals surface area (Å²) in [4.78, 5) is 11.1. The number of hydrogen-bond donors (Lipinski definition) is 1. The number of hydrogen-bond acceptors (Lipinski definition) is 2. The summed E-state index contributed by atoms with van der Waals surface area (Å²) in [6.07, 6.45) is 4.14. The number of carbonyl (C=O) groups excluding carboxylic acids is 1. The zero-order chi connectivity index (χ0) is 11.6. The minimum absolute atomic E-state index is 0.0389. The topological polar surface area (TPSA) is 37.3 Å². The molecule has 1 rings (SSSR count). The van der Waals surface area contributed by atoms with E-state index in [4.69, 9.17) is 0 Å². The lowest BCUT2D eigenvalue weighted by Crippen LogP contribution is -2.36. The first-order valence-electron chi connectivity index (χ1n) is 5.72. The lowest BCUT2D eigenvalue weighted by Gasteiger charge is -2.42. The molecule has 0 radical (unpaired) electrons. The highest BCUT2D eigenvalue weighted by Crippen LogP contribution is 2.47. The molecule has 0 aliphatic heterocycles. The Bertz CT molecular complexity index is 264. The Kier molecular flexibility index (Phi) is 3.58. The maximum Gasteiger partial charge on any atom is 0.123 e. The molecule has 86 valence electrons. The summed E-state index contributed by atoms with van der Waals surface area (Å²) in [6.45, 7) is 8.45. The molecular weight excluding hydrogens is 188 g/mol. The lowest BCUT2D eigenvalue weighted by molar-refractivity contribution is -0.115. The van der Waals surface area contributed by atoms with E-state index in [-0.39, 0.29) is 11.3 Å². The summed E-state index contributed by atoms with van der Waals surface area (Å²) < 4.78 is 0. The van der Waals surface area contributed by atoms with Crippen LogP contribution in [-0.4, -0.2) is 11.4 Å². The molecular formula is C13H22O2. The van der Waals surface area contributed by atoms with E-state index in [1.807, 2.05) is 13.8 Å². The molecule has 0 saturated heterocycles. The highest BCUT2D eigenvalue weighted by atomic mass is 16.2. The molecule has 2 heteroatoms. The molecule has 1 fully saturated rings. The fourth-order valence-corrected chi connectivity index (χ4v) is 2.44. The van der Waals surface area contributed by atoms with Crippen LogP contribution in [0.25, 0.3) is 0 Å². The zero-order valence-corrected chi connectivity index (χ0v) is 10.2. The van der Waals surface area contributed by atoms with Gasteiger partial charge >= 0.3 is 0 Å². The van der Waals surface area contributed by atoms with Crippen molar-refractivity contribution in [1.82, 2.24) is 0 Å². The predicted molar refractivity (Wildman–Crippen MR) is 61.6 cm³/mol. The van der Waals surface area contributed by atoms with Gasteiger partial charge in [0.25, 0.3) is 0 Å². The van der Waals surface area contributed by atoms with Crippen LogP contribution >= 0.6 is 0 Å². The predicted octanol–water partition coefficient (Wildman–Crippen LogP) is 3.34. The van der Waals surface area contributed by atoms with Gasteiger partial charge in [0.1, 0.15) is 6.29 Å². The molecule has 1 N–H and O–H groups in total. The molecule has 0 amide bonds. The van der Waals surface area contributed by atoms with Gasteiger partial charge in [-0.25, -0.2) is 0 Å². The van der Waals surface area contributed by atoms with E-state index in [2.05, 4.69) is 13.8 Å². The second-order valence-electron chi connectivity index (χ2n) is 5.56. The third-order valence-corrected chi connectivity index (χ3v) is 4.06. The van der Waals surface area contributed by atoms with Crippen LogP contribution in [0.4, 0.5) is 0 Å². The molecule has 0 aromatic rings. The Labute approximate surface area is 92.4 Å². The van der Waals surface area contributed by atoms with Gasteiger partial charge in [0.05, 0.1) is 6.26 Å². The molecule has 0 spiro atoms. The zero-order valence-electron chi connectivity index (χ0n) is 10.2. The molecule has 1 aliphatic rings. The maximum absolute atomic E-state index is 11.1. The summed E-state index contributed by atoms with van der Waals surface area (Å²) >= 11 is 0. The number of allylic oxidation sites excluding steroid dienone is 1. The average molecular weight is 210 g/mol. The number of aliphatic hydroxyl groups excluding tert-OH is 1. The fourth-order valence-electron chi connectivity index (χ4n) is 2.44. The summed E-state index contributed by atoms with van der Waals surface area (Å²) in [5.74, 6) is 1.13. The highest BCUT2D eigenvalue weighted by molar-refractivity contribution is 5.57. The molecule has 2 atom stereocenters. The minimum Gasteiger partial charge on any atom is -0.516 e. The van der Waals surface area contributed by atoms with Gasteiger partial charge in [-0.3, -0.25) is 0 Å². The van der Waals surface area contributed by atoms with E-state index in [9.17, 15) is 9.90 Å². The van der Waals surface area contributed by atoms with E-state index >= 15 is 0 Å². The average Bonchev–Trinajstić information content (AvgIpc) is 2.16. The third-order valence-electron chi connectivity index (χ3n) is 4.06. The van der Waals surface area contributed by atoms with Crippen molar-refractivity contribution in [3.8, 4) is 0 Å². The van der Waals surface area contributed by atoms with Crippen molar-refractivity contribution in [2.75, 3.05) is 0 Å². The van der Waals surface area contributed by atoms with Crippen LogP contribution in [0.1, 0.15) is 40.5 Å². The molecule has 0 heterocycles. The van der Waals surface area contributed by atoms with Crippen molar-refractivity contribution in [3.63, 3.8) is 0 Å². The molecule has 0 bridgehead atoms. The molecule has 2 unspecified atom stereocenters. The molecule has 2 nitrogen and oxygen atoms in total. The quantitative estimate of drug-likeness (QED) is 0.560. The smallest absolute Gasteiger partial charge is 0.123 e. The number of aldehydes is 1. The number of rotatable bonds is 2. The number of carbonyl (C=O) groups is 1. The monoisotopic (exact) mass is 210 g/mol. The maximum atomic E-state index is 11.1. The van der Waals surface area contributed by atoms with Crippen LogP contribution < -0.4 is 0 Å². The Balaban J connectivity index is 2.95. The fraction of sp³-hybridized carbons (Fsp3) is 0.769. The van der Waals surface area contributed by atoms with Crippen LogP contribution in [0.2, 0.25) is 0 Å². The molecule has 0 aromatic heterocycles. The largest absolute Gasteiger partial charge is 0.516 e. The summed E-state index contributed by atoms with van der Waals surface area (Å²) in [5.41, 5.74) is 0.839. The van der Waals surface area contributed by atoms with E-state index < -0.39 is 0 Å². The van der Waals surface area contributed by atoms with Gasteiger partial charge in [-0.15, -0.1) is 0 Å². The van der Waals surface area contributed by atoms with Gasteiger partial charge < -0.3 is 9.90 Å². The van der Waals surface area contributed by atoms with Gasteiger partial charge in [-0.1, -0.05) is 27.7 Å². The van der Waals surface area contributed by atoms with E-state index in [0.29, 0.717) is 11.8 Å². The van der Waals surface area contributed by atoms with Crippen LogP contribution in [0, 0.1) is 23.2 Å². The van der Waals surface area contributed by atoms with Crippen LogP contribution in [0.15, 0.2) is 11.8 Å². The molecule has 1 saturated carbocycles. The van der Waals surface area contributed by atoms with Gasteiger partial charge in [-0.2, -0.15) is 0 Å². The Morgan fingerprint density at radius 3 is 2.47 bits per heavy atom. The van der Waals surface area contributed by atoms with Crippen molar-refractivity contribution in [1.29, 1.82) is 0 Å². The summed E-state index contributed by atoms with van der Waals surface area (Å²) in [6, 6.07) is 0. The molecule has 1 aliphatic carbocycles. The van der Waals surface area contributed by atoms with E-state index in [0.717, 1.165) is 24.7 Å². The summed E-state index contributed by atoms with van der Waals surface area (Å²) in [7, 11) is 0. The van der Waals surface area contributed by atoms with Crippen molar-refractivity contribution in [2.24, 2.45) is 23.2 Å². The first-order chi connectivity index (χ1) is 6.93. The van der Waals surface area contributed by atoms with Crippen LogP contribution in [0.3, 0.4) is 0 Å². The number of aliphatic hydroxyl groups is 1. The van der Waals surface area contributed by atoms with Crippen molar-refractivity contribution >= 4 is 6.29 Å². The standard InChI is InChI=1S/C13H22O2/c1-9(2)10-5-11(7-14)13(3,4)12(6-10)8-15/h7-11,15H,5-6H2,1-4H3/b12-8+. The summed E-state index contributed by atoms with van der Waals surface area (Å²) in [5, 5.41) is 9.26. The SMILES string of the molecule is CC(C)C1C/C(=C\O)C(C)(C)C(C=O)C1. The van der Waals surface area contributed by atoms with Crippen molar-refractivity contribution < 1.29 is 9.90 Å².